The number of quaternary nitrogens is 1. The Labute approximate surface area is 196 Å². The minimum absolute atomic E-state index is 0. The summed E-state index contributed by atoms with van der Waals surface area (Å²) in [5, 5.41) is 0. The Balaban J connectivity index is 0.00000480. The van der Waals surface area contributed by atoms with Gasteiger partial charge in [-0.05, 0) is 34.9 Å². The zero-order valence-corrected chi connectivity index (χ0v) is 21.5. The molecule has 2 rings (SSSR count). The zero-order chi connectivity index (χ0) is 22.4. The first-order valence-electron chi connectivity index (χ1n) is 11.1. The fraction of sp³-hybridized carbons (Fsp3) is 0.556. The van der Waals surface area contributed by atoms with Crippen LogP contribution in [0.1, 0.15) is 59.1 Å². The Morgan fingerprint density at radius 1 is 0.839 bits per heavy atom. The summed E-state index contributed by atoms with van der Waals surface area (Å²) in [5.74, 6) is 0.902. The Morgan fingerprint density at radius 2 is 1.42 bits per heavy atom. The summed E-state index contributed by atoms with van der Waals surface area (Å²) < 4.78 is 12.8. The second-order valence-corrected chi connectivity index (χ2v) is 10.9. The molecule has 2 aromatic rings. The maximum absolute atomic E-state index is 6.08. The van der Waals surface area contributed by atoms with E-state index in [2.05, 4.69) is 110 Å². The molecule has 3 nitrogen and oxygen atoms in total. The lowest BCUT2D eigenvalue weighted by atomic mass is 9.72. The van der Waals surface area contributed by atoms with E-state index in [0.29, 0.717) is 18.6 Å². The van der Waals surface area contributed by atoms with Crippen LogP contribution in [0.15, 0.2) is 54.6 Å². The predicted molar refractivity (Wildman–Crippen MR) is 127 cm³/mol. The SMILES string of the molecule is CC(OCCOc1ccc(C(C)(C)CC(C)(C)C)cc1)[N+](C)(C)Cc1ccccc1.[Cl-]. The number of ether oxygens (including phenoxy) is 2. The van der Waals surface area contributed by atoms with Crippen molar-refractivity contribution in [3.8, 4) is 5.75 Å². The van der Waals surface area contributed by atoms with Crippen LogP contribution < -0.4 is 17.1 Å². The first-order valence-corrected chi connectivity index (χ1v) is 11.1. The summed E-state index contributed by atoms with van der Waals surface area (Å²) in [4.78, 5) is 0. The minimum Gasteiger partial charge on any atom is -1.00 e. The van der Waals surface area contributed by atoms with Crippen LogP contribution >= 0.6 is 0 Å². The van der Waals surface area contributed by atoms with E-state index < -0.39 is 0 Å². The van der Waals surface area contributed by atoms with Crippen LogP contribution in [0, 0.1) is 5.41 Å². The van der Waals surface area contributed by atoms with Crippen molar-refractivity contribution in [2.75, 3.05) is 27.3 Å². The van der Waals surface area contributed by atoms with Crippen molar-refractivity contribution in [1.82, 2.24) is 0 Å². The smallest absolute Gasteiger partial charge is 0.190 e. The molecule has 2 aromatic carbocycles. The van der Waals surface area contributed by atoms with Crippen LogP contribution in [-0.4, -0.2) is 38.0 Å². The molecule has 174 valence electrons. The Bertz CT molecular complexity index is 764. The van der Waals surface area contributed by atoms with Gasteiger partial charge in [-0.3, -0.25) is 4.48 Å². The lowest BCUT2D eigenvalue weighted by Crippen LogP contribution is -3.00. The molecule has 0 saturated carbocycles. The monoisotopic (exact) mass is 447 g/mol. The number of hydrogen-bond donors (Lipinski definition) is 0. The molecule has 0 amide bonds. The molecule has 4 heteroatoms. The molecule has 0 saturated heterocycles. The number of hydrogen-bond acceptors (Lipinski definition) is 2. The van der Waals surface area contributed by atoms with Crippen LogP contribution in [0.5, 0.6) is 5.75 Å². The summed E-state index contributed by atoms with van der Waals surface area (Å²) in [6, 6.07) is 19.1. The molecule has 0 aliphatic carbocycles. The molecule has 0 aromatic heterocycles. The van der Waals surface area contributed by atoms with Gasteiger partial charge in [-0.2, -0.15) is 0 Å². The van der Waals surface area contributed by atoms with E-state index in [-0.39, 0.29) is 24.0 Å². The number of benzene rings is 2. The van der Waals surface area contributed by atoms with E-state index in [9.17, 15) is 0 Å². The Morgan fingerprint density at radius 3 is 1.97 bits per heavy atom. The third-order valence-corrected chi connectivity index (χ3v) is 5.74. The highest BCUT2D eigenvalue weighted by atomic mass is 35.5. The van der Waals surface area contributed by atoms with Gasteiger partial charge in [0.2, 0.25) is 0 Å². The topological polar surface area (TPSA) is 18.5 Å². The van der Waals surface area contributed by atoms with Gasteiger partial charge in [-0.1, -0.05) is 77.1 Å². The molecule has 0 bridgehead atoms. The fourth-order valence-corrected chi connectivity index (χ4v) is 4.19. The Kier molecular flexibility index (Phi) is 10.1. The Hall–Kier alpha value is -1.55. The van der Waals surface area contributed by atoms with Crippen molar-refractivity contribution < 1.29 is 26.4 Å². The fourth-order valence-electron chi connectivity index (χ4n) is 4.19. The predicted octanol–water partition coefficient (Wildman–Crippen LogP) is 3.42. The van der Waals surface area contributed by atoms with Gasteiger partial charge in [0.05, 0.1) is 20.7 Å². The number of halogens is 1. The second-order valence-electron chi connectivity index (χ2n) is 10.9. The van der Waals surface area contributed by atoms with E-state index in [0.717, 1.165) is 23.2 Å². The van der Waals surface area contributed by atoms with Gasteiger partial charge in [0, 0.05) is 12.5 Å². The number of rotatable bonds is 10. The molecule has 0 N–H and O–H groups in total. The average Bonchev–Trinajstić information content (AvgIpc) is 2.64. The van der Waals surface area contributed by atoms with E-state index in [1.54, 1.807) is 0 Å². The molecule has 1 atom stereocenters. The quantitative estimate of drug-likeness (QED) is 0.315. The van der Waals surface area contributed by atoms with Gasteiger partial charge >= 0.3 is 0 Å². The molecular weight excluding hydrogens is 406 g/mol. The van der Waals surface area contributed by atoms with Gasteiger partial charge in [-0.15, -0.1) is 0 Å². The van der Waals surface area contributed by atoms with E-state index >= 15 is 0 Å². The van der Waals surface area contributed by atoms with E-state index in [1.807, 2.05) is 0 Å². The van der Waals surface area contributed by atoms with Gasteiger partial charge in [0.1, 0.15) is 18.9 Å². The van der Waals surface area contributed by atoms with Crippen molar-refractivity contribution in [1.29, 1.82) is 0 Å². The second kappa shape index (κ2) is 11.4. The number of nitrogens with zero attached hydrogens (tertiary/aromatic N) is 1. The molecule has 0 radical (unpaired) electrons. The highest BCUT2D eigenvalue weighted by molar-refractivity contribution is 5.31. The highest BCUT2D eigenvalue weighted by Crippen LogP contribution is 2.36. The van der Waals surface area contributed by atoms with Gasteiger partial charge in [-0.25, -0.2) is 0 Å². The van der Waals surface area contributed by atoms with Crippen LogP contribution in [0.25, 0.3) is 0 Å². The summed E-state index contributed by atoms with van der Waals surface area (Å²) in [6.45, 7) is 15.7. The molecule has 0 aliphatic rings. The van der Waals surface area contributed by atoms with Gasteiger partial charge in [0.25, 0.3) is 0 Å². The van der Waals surface area contributed by atoms with Crippen LogP contribution in [0.3, 0.4) is 0 Å². The van der Waals surface area contributed by atoms with Crippen LogP contribution in [-0.2, 0) is 16.7 Å². The van der Waals surface area contributed by atoms with E-state index in [1.165, 1.54) is 11.1 Å². The summed E-state index contributed by atoms with van der Waals surface area (Å²) in [6.07, 6.45) is 1.23. The molecule has 0 heterocycles. The highest BCUT2D eigenvalue weighted by Gasteiger charge is 2.27. The largest absolute Gasteiger partial charge is 1.00 e. The normalized spacial score (nSPS) is 13.4. The molecule has 31 heavy (non-hydrogen) atoms. The van der Waals surface area contributed by atoms with Crippen molar-refractivity contribution in [2.45, 2.75) is 66.2 Å². The molecule has 0 fully saturated rings. The third-order valence-electron chi connectivity index (χ3n) is 5.74. The van der Waals surface area contributed by atoms with Crippen LogP contribution in [0.2, 0.25) is 0 Å². The van der Waals surface area contributed by atoms with Crippen molar-refractivity contribution in [3.05, 3.63) is 65.7 Å². The summed E-state index contributed by atoms with van der Waals surface area (Å²) in [7, 11) is 4.41. The lowest BCUT2D eigenvalue weighted by molar-refractivity contribution is -0.947. The average molecular weight is 448 g/mol. The molecular formula is C27H42ClNO2. The maximum Gasteiger partial charge on any atom is 0.190 e. The van der Waals surface area contributed by atoms with Crippen molar-refractivity contribution >= 4 is 0 Å². The maximum atomic E-state index is 6.08. The van der Waals surface area contributed by atoms with Gasteiger partial charge < -0.3 is 21.9 Å². The van der Waals surface area contributed by atoms with E-state index in [4.69, 9.17) is 9.47 Å². The van der Waals surface area contributed by atoms with Crippen molar-refractivity contribution in [2.24, 2.45) is 5.41 Å². The molecule has 1 unspecified atom stereocenters. The first kappa shape index (κ1) is 27.5. The first-order chi connectivity index (χ1) is 13.9. The summed E-state index contributed by atoms with van der Waals surface area (Å²) in [5.41, 5.74) is 3.13. The molecule has 0 aliphatic heterocycles. The molecule has 0 spiro atoms. The standard InChI is InChI=1S/C27H42NO2.ClH/c1-22(28(7,8)20-23-12-10-9-11-13-23)29-18-19-30-25-16-14-24(15-17-25)27(5,6)21-26(2,3)4;/h9-17,22H,18-21H2,1-8H3;1H/q+1;/p-1. The van der Waals surface area contributed by atoms with Crippen LogP contribution in [0.4, 0.5) is 0 Å². The zero-order valence-electron chi connectivity index (χ0n) is 20.7. The lowest BCUT2D eigenvalue weighted by Gasteiger charge is -2.35. The summed E-state index contributed by atoms with van der Waals surface area (Å²) >= 11 is 0. The van der Waals surface area contributed by atoms with Crippen molar-refractivity contribution in [3.63, 3.8) is 0 Å². The van der Waals surface area contributed by atoms with Gasteiger partial charge in [0.15, 0.2) is 6.23 Å². The minimum atomic E-state index is 0. The third kappa shape index (κ3) is 9.22.